The van der Waals surface area contributed by atoms with Gasteiger partial charge in [0.2, 0.25) is 0 Å². The fraction of sp³-hybridized carbons (Fsp3) is 0.478. The van der Waals surface area contributed by atoms with Gasteiger partial charge in [-0.1, -0.05) is 13.8 Å². The maximum absolute atomic E-state index is 12.7. The van der Waals surface area contributed by atoms with Crippen molar-refractivity contribution in [2.75, 3.05) is 11.4 Å². The lowest BCUT2D eigenvalue weighted by atomic mass is 9.77. The Bertz CT molecular complexity index is 1040. The predicted molar refractivity (Wildman–Crippen MR) is 119 cm³/mol. The van der Waals surface area contributed by atoms with Gasteiger partial charge in [0, 0.05) is 28.2 Å². The van der Waals surface area contributed by atoms with E-state index in [1.165, 1.54) is 13.8 Å². The highest BCUT2D eigenvalue weighted by molar-refractivity contribution is 7.15. The number of aryl methyl sites for hydroxylation is 1. The van der Waals surface area contributed by atoms with Gasteiger partial charge in [0.25, 0.3) is 5.56 Å². The monoisotopic (exact) mass is 428 g/mol. The highest BCUT2D eigenvalue weighted by Crippen LogP contribution is 2.37. The highest BCUT2D eigenvalue weighted by atomic mass is 32.1. The maximum Gasteiger partial charge on any atom is 0.316 e. The SMILES string of the molecule is CCN(c1ccc(C(=O)C(C)(C)C(=O)O)cc1)c1nc(=O)c2c(s1)CCC(C)(C)C2. The lowest BCUT2D eigenvalue weighted by Gasteiger charge is -2.31. The van der Waals surface area contributed by atoms with Crippen molar-refractivity contribution in [1.29, 1.82) is 0 Å². The third kappa shape index (κ3) is 4.17. The number of nitrogens with zero attached hydrogens (tertiary/aromatic N) is 2. The molecule has 0 atom stereocenters. The molecule has 30 heavy (non-hydrogen) atoms. The largest absolute Gasteiger partial charge is 0.481 e. The molecule has 0 aliphatic heterocycles. The van der Waals surface area contributed by atoms with Gasteiger partial charge in [0.05, 0.1) is 0 Å². The summed E-state index contributed by atoms with van der Waals surface area (Å²) in [6.45, 7) is 9.76. The Morgan fingerprint density at radius 2 is 1.87 bits per heavy atom. The molecule has 1 aliphatic rings. The average molecular weight is 429 g/mol. The second kappa shape index (κ2) is 7.95. The van der Waals surface area contributed by atoms with Crippen LogP contribution >= 0.6 is 11.3 Å². The minimum absolute atomic E-state index is 0.124. The summed E-state index contributed by atoms with van der Waals surface area (Å²) in [7, 11) is 0. The first-order valence-corrected chi connectivity index (χ1v) is 11.0. The molecule has 0 radical (unpaired) electrons. The van der Waals surface area contributed by atoms with Crippen LogP contribution in [-0.2, 0) is 17.6 Å². The minimum atomic E-state index is -1.49. The van der Waals surface area contributed by atoms with E-state index in [1.54, 1.807) is 35.6 Å². The molecule has 1 N–H and O–H groups in total. The summed E-state index contributed by atoms with van der Waals surface area (Å²) >= 11 is 1.56. The van der Waals surface area contributed by atoms with Crippen LogP contribution < -0.4 is 10.5 Å². The van der Waals surface area contributed by atoms with Crippen molar-refractivity contribution in [3.05, 3.63) is 50.6 Å². The fourth-order valence-corrected chi connectivity index (χ4v) is 4.84. The van der Waals surface area contributed by atoms with Crippen molar-refractivity contribution >= 4 is 33.9 Å². The number of aromatic nitrogens is 1. The number of fused-ring (bicyclic) bond motifs is 1. The molecule has 0 bridgehead atoms. The molecule has 1 aromatic carbocycles. The van der Waals surface area contributed by atoms with Gasteiger partial charge in [0.1, 0.15) is 5.41 Å². The number of carbonyl (C=O) groups is 2. The Kier molecular flexibility index (Phi) is 5.87. The molecule has 1 heterocycles. The van der Waals surface area contributed by atoms with Crippen molar-refractivity contribution in [1.82, 2.24) is 4.98 Å². The van der Waals surface area contributed by atoms with Gasteiger partial charge in [-0.15, -0.1) is 11.3 Å². The molecule has 6 nitrogen and oxygen atoms in total. The number of hydrogen-bond donors (Lipinski definition) is 1. The Labute approximate surface area is 180 Å². The number of rotatable bonds is 6. The lowest BCUT2D eigenvalue weighted by Crippen LogP contribution is -2.33. The molecule has 3 rings (SSSR count). The quantitative estimate of drug-likeness (QED) is 0.539. The Morgan fingerprint density at radius 3 is 2.43 bits per heavy atom. The summed E-state index contributed by atoms with van der Waals surface area (Å²) in [5, 5.41) is 9.94. The molecule has 1 aliphatic carbocycles. The van der Waals surface area contributed by atoms with Crippen LogP contribution in [0.25, 0.3) is 0 Å². The molecule has 7 heteroatoms. The molecular weight excluding hydrogens is 400 g/mol. The van der Waals surface area contributed by atoms with Crippen LogP contribution in [-0.4, -0.2) is 28.4 Å². The van der Waals surface area contributed by atoms with Crippen LogP contribution in [0.5, 0.6) is 0 Å². The summed E-state index contributed by atoms with van der Waals surface area (Å²) in [5.74, 6) is -1.60. The van der Waals surface area contributed by atoms with E-state index in [0.717, 1.165) is 35.4 Å². The first-order chi connectivity index (χ1) is 14.0. The first-order valence-electron chi connectivity index (χ1n) is 10.1. The van der Waals surface area contributed by atoms with Gasteiger partial charge in [-0.05, 0) is 69.7 Å². The van der Waals surface area contributed by atoms with Crippen LogP contribution in [0, 0.1) is 10.8 Å². The van der Waals surface area contributed by atoms with Crippen molar-refractivity contribution in [3.63, 3.8) is 0 Å². The maximum atomic E-state index is 12.7. The number of anilines is 2. The molecule has 0 fully saturated rings. The second-order valence-electron chi connectivity index (χ2n) is 9.09. The van der Waals surface area contributed by atoms with Gasteiger partial charge in [-0.3, -0.25) is 14.4 Å². The Balaban J connectivity index is 1.92. The zero-order chi connectivity index (χ0) is 22.3. The Morgan fingerprint density at radius 1 is 1.23 bits per heavy atom. The van der Waals surface area contributed by atoms with Crippen molar-refractivity contribution in [2.45, 2.75) is 53.9 Å². The van der Waals surface area contributed by atoms with E-state index in [4.69, 9.17) is 0 Å². The molecule has 0 unspecified atom stereocenters. The lowest BCUT2D eigenvalue weighted by molar-refractivity contribution is -0.144. The van der Waals surface area contributed by atoms with E-state index in [2.05, 4.69) is 18.8 Å². The van der Waals surface area contributed by atoms with Gasteiger partial charge in [-0.2, -0.15) is 4.98 Å². The smallest absolute Gasteiger partial charge is 0.316 e. The average Bonchev–Trinajstić information content (AvgIpc) is 2.68. The fourth-order valence-electron chi connectivity index (χ4n) is 3.66. The normalized spacial score (nSPS) is 15.4. The molecule has 1 aromatic heterocycles. The predicted octanol–water partition coefficient (Wildman–Crippen LogP) is 4.47. The summed E-state index contributed by atoms with van der Waals surface area (Å²) in [6.07, 6.45) is 2.68. The van der Waals surface area contributed by atoms with Crippen LogP contribution in [0.1, 0.15) is 61.8 Å². The number of carboxylic acid groups (broad SMARTS) is 1. The summed E-state index contributed by atoms with van der Waals surface area (Å²) in [4.78, 5) is 44.0. The highest BCUT2D eigenvalue weighted by Gasteiger charge is 2.36. The van der Waals surface area contributed by atoms with Crippen LogP contribution in [0.4, 0.5) is 10.8 Å². The third-order valence-electron chi connectivity index (χ3n) is 5.78. The minimum Gasteiger partial charge on any atom is -0.481 e. The van der Waals surface area contributed by atoms with Gasteiger partial charge >= 0.3 is 5.97 Å². The number of carboxylic acids is 1. The van der Waals surface area contributed by atoms with Crippen molar-refractivity contribution < 1.29 is 14.7 Å². The molecule has 0 saturated carbocycles. The molecule has 0 spiro atoms. The van der Waals surface area contributed by atoms with E-state index in [-0.39, 0.29) is 11.0 Å². The van der Waals surface area contributed by atoms with E-state index in [0.29, 0.717) is 17.2 Å². The molecular formula is C23H28N2O4S. The summed E-state index contributed by atoms with van der Waals surface area (Å²) < 4.78 is 0. The molecule has 0 saturated heterocycles. The van der Waals surface area contributed by atoms with Crippen LogP contribution in [0.3, 0.4) is 0 Å². The van der Waals surface area contributed by atoms with Crippen LogP contribution in [0.2, 0.25) is 0 Å². The van der Waals surface area contributed by atoms with E-state index < -0.39 is 17.2 Å². The van der Waals surface area contributed by atoms with Gasteiger partial charge in [0.15, 0.2) is 10.9 Å². The topological polar surface area (TPSA) is 87.6 Å². The molecule has 160 valence electrons. The van der Waals surface area contributed by atoms with E-state index in [1.807, 2.05) is 11.8 Å². The Hall–Kier alpha value is -2.54. The standard InChI is InChI=1S/C23H28N2O4S/c1-6-25(15-9-7-14(8-10-15)18(26)23(4,5)20(28)29)21-24-19(27)16-13-22(2,3)12-11-17(16)30-21/h7-10H,6,11-13H2,1-5H3,(H,28,29). The number of carbonyl (C=O) groups excluding carboxylic acids is 1. The van der Waals surface area contributed by atoms with E-state index in [9.17, 15) is 19.5 Å². The second-order valence-corrected chi connectivity index (χ2v) is 10.2. The zero-order valence-electron chi connectivity index (χ0n) is 18.1. The van der Waals surface area contributed by atoms with Crippen LogP contribution in [0.15, 0.2) is 29.1 Å². The molecule has 2 aromatic rings. The number of aliphatic carboxylic acids is 1. The zero-order valence-corrected chi connectivity index (χ0v) is 18.9. The van der Waals surface area contributed by atoms with Crippen molar-refractivity contribution in [2.24, 2.45) is 10.8 Å². The van der Waals surface area contributed by atoms with Gasteiger partial charge in [-0.25, -0.2) is 0 Å². The number of ketones is 1. The third-order valence-corrected chi connectivity index (χ3v) is 6.97. The first kappa shape index (κ1) is 22.2. The number of hydrogen-bond acceptors (Lipinski definition) is 6. The molecule has 0 amide bonds. The van der Waals surface area contributed by atoms with Gasteiger partial charge < -0.3 is 10.0 Å². The number of Topliss-reactive ketones (excluding diaryl/α,β-unsaturated/α-hetero) is 1. The van der Waals surface area contributed by atoms with E-state index >= 15 is 0 Å². The summed E-state index contributed by atoms with van der Waals surface area (Å²) in [6, 6.07) is 6.82. The number of benzene rings is 1. The summed E-state index contributed by atoms with van der Waals surface area (Å²) in [5.41, 5.74) is 0.475. The van der Waals surface area contributed by atoms with Crippen molar-refractivity contribution in [3.8, 4) is 0 Å².